The second-order valence-electron chi connectivity index (χ2n) is 7.25. The molecule has 6 nitrogen and oxygen atoms in total. The molecule has 3 aromatic heterocycles. The molecule has 0 saturated heterocycles. The standard InChI is InChI=1S/C23H13ClN4O2S2/c24-14-9-7-13(8-10-14)12-27-16-5-2-1-4-15(16)18(21(27)29)19-22(30)28-23(32-19)25-20(26-28)17-6-3-11-31-17/h1-11H,12H2/b19-18-. The number of nitrogens with zero attached hydrogens (tertiary/aromatic N) is 4. The van der Waals surface area contributed by atoms with E-state index >= 15 is 0 Å². The van der Waals surface area contributed by atoms with Crippen LogP contribution in [0.3, 0.4) is 0 Å². The number of halogens is 1. The molecule has 0 fully saturated rings. The Hall–Kier alpha value is -3.33. The predicted molar refractivity (Wildman–Crippen MR) is 127 cm³/mol. The van der Waals surface area contributed by atoms with Gasteiger partial charge in [0.1, 0.15) is 4.53 Å². The van der Waals surface area contributed by atoms with Crippen molar-refractivity contribution in [2.75, 3.05) is 4.90 Å². The molecule has 5 aromatic rings. The van der Waals surface area contributed by atoms with Gasteiger partial charge in [0.2, 0.25) is 4.96 Å². The predicted octanol–water partition coefficient (Wildman–Crippen LogP) is 4.00. The largest absolute Gasteiger partial charge is 0.303 e. The molecule has 1 aliphatic rings. The van der Waals surface area contributed by atoms with Crippen molar-refractivity contribution in [1.82, 2.24) is 14.6 Å². The molecular weight excluding hydrogens is 464 g/mol. The number of hydrogen-bond acceptors (Lipinski definition) is 6. The molecule has 156 valence electrons. The molecule has 32 heavy (non-hydrogen) atoms. The number of anilines is 1. The summed E-state index contributed by atoms with van der Waals surface area (Å²) in [5, 5.41) is 6.96. The van der Waals surface area contributed by atoms with Gasteiger partial charge in [0.15, 0.2) is 5.82 Å². The lowest BCUT2D eigenvalue weighted by Gasteiger charge is -2.17. The van der Waals surface area contributed by atoms with E-state index in [2.05, 4.69) is 10.1 Å². The van der Waals surface area contributed by atoms with Gasteiger partial charge in [-0.15, -0.1) is 16.4 Å². The van der Waals surface area contributed by atoms with Crippen molar-refractivity contribution in [1.29, 1.82) is 0 Å². The van der Waals surface area contributed by atoms with Gasteiger partial charge in [-0.05, 0) is 35.2 Å². The SMILES string of the molecule is O=C1/C(=c2\sc3nc(-c4cccs4)nn3c2=O)c2ccccc2N1Cc1ccc(Cl)cc1. The highest BCUT2D eigenvalue weighted by molar-refractivity contribution is 7.15. The molecule has 0 radical (unpaired) electrons. The Morgan fingerprint density at radius 3 is 2.53 bits per heavy atom. The summed E-state index contributed by atoms with van der Waals surface area (Å²) in [7, 11) is 0. The van der Waals surface area contributed by atoms with Crippen LogP contribution < -0.4 is 15.0 Å². The van der Waals surface area contributed by atoms with Crippen molar-refractivity contribution in [2.45, 2.75) is 6.54 Å². The average molecular weight is 477 g/mol. The minimum Gasteiger partial charge on any atom is -0.303 e. The van der Waals surface area contributed by atoms with Gasteiger partial charge in [-0.2, -0.15) is 9.50 Å². The number of hydrogen-bond donors (Lipinski definition) is 0. The zero-order chi connectivity index (χ0) is 21.8. The lowest BCUT2D eigenvalue weighted by atomic mass is 10.1. The van der Waals surface area contributed by atoms with Crippen LogP contribution in [0.25, 0.3) is 21.2 Å². The van der Waals surface area contributed by atoms with Crippen molar-refractivity contribution in [3.8, 4) is 10.7 Å². The van der Waals surface area contributed by atoms with Gasteiger partial charge in [0, 0.05) is 10.6 Å². The third-order valence-corrected chi connectivity index (χ3v) is 7.45. The number of aromatic nitrogens is 3. The van der Waals surface area contributed by atoms with E-state index in [4.69, 9.17) is 11.6 Å². The molecule has 0 aliphatic carbocycles. The van der Waals surface area contributed by atoms with Crippen LogP contribution in [0.5, 0.6) is 0 Å². The van der Waals surface area contributed by atoms with Crippen molar-refractivity contribution in [3.63, 3.8) is 0 Å². The van der Waals surface area contributed by atoms with E-state index in [-0.39, 0.29) is 11.5 Å². The fraction of sp³-hybridized carbons (Fsp3) is 0.0435. The molecule has 9 heteroatoms. The number of rotatable bonds is 3. The molecule has 1 amide bonds. The molecule has 2 aromatic carbocycles. The first-order chi connectivity index (χ1) is 15.6. The third-order valence-electron chi connectivity index (χ3n) is 5.30. The molecule has 1 aliphatic heterocycles. The topological polar surface area (TPSA) is 67.6 Å². The second-order valence-corrected chi connectivity index (χ2v) is 9.61. The van der Waals surface area contributed by atoms with E-state index in [1.807, 2.05) is 53.9 Å². The highest BCUT2D eigenvalue weighted by atomic mass is 35.5. The van der Waals surface area contributed by atoms with Crippen molar-refractivity contribution >= 4 is 56.4 Å². The molecule has 0 unspecified atom stereocenters. The summed E-state index contributed by atoms with van der Waals surface area (Å²) in [6, 6.07) is 18.7. The van der Waals surface area contributed by atoms with Crippen LogP contribution in [0.15, 0.2) is 70.8 Å². The fourth-order valence-corrected chi connectivity index (χ4v) is 5.60. The number of carbonyl (C=O) groups is 1. The summed E-state index contributed by atoms with van der Waals surface area (Å²) < 4.78 is 1.65. The zero-order valence-electron chi connectivity index (χ0n) is 16.4. The monoisotopic (exact) mass is 476 g/mol. The molecule has 4 heterocycles. The van der Waals surface area contributed by atoms with E-state index < -0.39 is 0 Å². The summed E-state index contributed by atoms with van der Waals surface area (Å²) >= 11 is 8.71. The summed E-state index contributed by atoms with van der Waals surface area (Å²) in [4.78, 5) is 34.3. The first-order valence-electron chi connectivity index (χ1n) is 9.73. The van der Waals surface area contributed by atoms with E-state index in [0.29, 0.717) is 32.5 Å². The van der Waals surface area contributed by atoms with Crippen LogP contribution in [-0.2, 0) is 11.3 Å². The Kier molecular flexibility index (Phi) is 4.46. The van der Waals surface area contributed by atoms with Crippen LogP contribution in [0.4, 0.5) is 5.69 Å². The minimum absolute atomic E-state index is 0.207. The number of para-hydroxylation sites is 1. The Bertz CT molecular complexity index is 1600. The van der Waals surface area contributed by atoms with Gasteiger partial charge in [-0.3, -0.25) is 9.59 Å². The molecule has 0 atom stereocenters. The number of thiazole rings is 1. The normalized spacial score (nSPS) is 15.0. The maximum absolute atomic E-state index is 13.5. The van der Waals surface area contributed by atoms with Gasteiger partial charge < -0.3 is 4.90 Å². The van der Waals surface area contributed by atoms with Gasteiger partial charge in [-0.25, -0.2) is 0 Å². The van der Waals surface area contributed by atoms with E-state index in [9.17, 15) is 9.59 Å². The highest BCUT2D eigenvalue weighted by Gasteiger charge is 2.34. The van der Waals surface area contributed by atoms with Gasteiger partial charge in [0.05, 0.1) is 22.7 Å². The van der Waals surface area contributed by atoms with Crippen molar-refractivity contribution in [3.05, 3.63) is 97.1 Å². The molecule has 0 saturated carbocycles. The number of carbonyl (C=O) groups excluding carboxylic acids is 1. The Morgan fingerprint density at radius 2 is 1.78 bits per heavy atom. The first-order valence-corrected chi connectivity index (χ1v) is 11.8. The van der Waals surface area contributed by atoms with Gasteiger partial charge in [0.25, 0.3) is 11.5 Å². The van der Waals surface area contributed by atoms with E-state index in [1.54, 1.807) is 17.0 Å². The minimum atomic E-state index is -0.327. The molecule has 0 spiro atoms. The first kappa shape index (κ1) is 19.4. The smallest absolute Gasteiger partial charge is 0.291 e. The number of amides is 1. The average Bonchev–Trinajstić information content (AvgIpc) is 3.56. The number of benzene rings is 2. The molecular formula is C23H13ClN4O2S2. The summed E-state index contributed by atoms with van der Waals surface area (Å²) in [6.45, 7) is 0.383. The van der Waals surface area contributed by atoms with Gasteiger partial charge in [-0.1, -0.05) is 59.3 Å². The van der Waals surface area contributed by atoms with Gasteiger partial charge >= 0.3 is 0 Å². The third kappa shape index (κ3) is 2.99. The van der Waals surface area contributed by atoms with Crippen molar-refractivity contribution in [2.24, 2.45) is 0 Å². The van der Waals surface area contributed by atoms with Crippen LogP contribution in [0.1, 0.15) is 11.1 Å². The molecule has 6 rings (SSSR count). The maximum Gasteiger partial charge on any atom is 0.291 e. The van der Waals surface area contributed by atoms with E-state index in [0.717, 1.165) is 21.7 Å². The number of thiophene rings is 1. The van der Waals surface area contributed by atoms with Crippen LogP contribution in [0, 0.1) is 0 Å². The second kappa shape index (κ2) is 7.37. The zero-order valence-corrected chi connectivity index (χ0v) is 18.7. The molecule has 0 bridgehead atoms. The maximum atomic E-state index is 13.5. The van der Waals surface area contributed by atoms with Crippen LogP contribution >= 0.6 is 34.3 Å². The van der Waals surface area contributed by atoms with Crippen LogP contribution in [-0.4, -0.2) is 20.5 Å². The van der Waals surface area contributed by atoms with E-state index in [1.165, 1.54) is 27.2 Å². The number of fused-ring (bicyclic) bond motifs is 2. The highest BCUT2D eigenvalue weighted by Crippen LogP contribution is 2.36. The summed E-state index contributed by atoms with van der Waals surface area (Å²) in [6.07, 6.45) is 0. The Balaban J connectivity index is 1.50. The lowest BCUT2D eigenvalue weighted by molar-refractivity contribution is -0.113. The van der Waals surface area contributed by atoms with Crippen LogP contribution in [0.2, 0.25) is 5.02 Å². The van der Waals surface area contributed by atoms with Crippen molar-refractivity contribution < 1.29 is 4.79 Å². The fourth-order valence-electron chi connectivity index (χ4n) is 3.82. The quantitative estimate of drug-likeness (QED) is 0.395. The Labute approximate surface area is 194 Å². The Morgan fingerprint density at radius 1 is 0.969 bits per heavy atom. The summed E-state index contributed by atoms with van der Waals surface area (Å²) in [5.74, 6) is 0.309. The molecule has 0 N–H and O–H groups in total. The summed E-state index contributed by atoms with van der Waals surface area (Å²) in [5.41, 5.74) is 2.54. The lowest BCUT2D eigenvalue weighted by Crippen LogP contribution is -2.32.